The molecule has 9 heteroatoms. The van der Waals surface area contributed by atoms with Crippen LogP contribution in [0.15, 0.2) is 67.3 Å². The number of hydrogen-bond donors (Lipinski definition) is 1. The lowest BCUT2D eigenvalue weighted by molar-refractivity contribution is 0.102. The molecule has 178 valence electrons. The van der Waals surface area contributed by atoms with E-state index in [1.165, 1.54) is 0 Å². The average Bonchev–Trinajstić information content (AvgIpc) is 3.36. The van der Waals surface area contributed by atoms with Gasteiger partial charge in [0.1, 0.15) is 10.8 Å². The summed E-state index contributed by atoms with van der Waals surface area (Å²) in [7, 11) is 2.15. The minimum atomic E-state index is -0.324. The molecule has 1 aromatic carbocycles. The molecule has 0 aliphatic carbocycles. The number of rotatable bonds is 5. The highest BCUT2D eigenvalue weighted by Gasteiger charge is 2.16. The number of likely N-dealkylation sites (N-methyl/N-ethyl adjacent to an activating group) is 1. The van der Waals surface area contributed by atoms with Crippen molar-refractivity contribution in [1.29, 1.82) is 0 Å². The Morgan fingerprint density at radius 3 is 2.63 bits per heavy atom. The number of benzene rings is 1. The number of anilines is 2. The molecule has 1 fully saturated rings. The first-order valence-corrected chi connectivity index (χ1v) is 11.8. The van der Waals surface area contributed by atoms with Gasteiger partial charge in [0.2, 0.25) is 0 Å². The van der Waals surface area contributed by atoms with E-state index in [1.54, 1.807) is 18.2 Å². The fourth-order valence-electron chi connectivity index (χ4n) is 4.09. The molecule has 0 saturated carbocycles. The van der Waals surface area contributed by atoms with Crippen LogP contribution < -0.4 is 10.2 Å². The van der Waals surface area contributed by atoms with Crippen LogP contribution in [0.5, 0.6) is 0 Å². The minimum Gasteiger partial charge on any atom is -0.368 e. The van der Waals surface area contributed by atoms with E-state index >= 15 is 0 Å². The summed E-state index contributed by atoms with van der Waals surface area (Å²) in [5.74, 6) is -0.324. The molecule has 1 aliphatic rings. The van der Waals surface area contributed by atoms with Crippen LogP contribution in [0.3, 0.4) is 0 Å². The molecular weight excluding hydrogens is 462 g/mol. The molecule has 35 heavy (non-hydrogen) atoms. The fraction of sp³-hybridized carbons (Fsp3) is 0.231. The van der Waals surface area contributed by atoms with Crippen molar-refractivity contribution in [2.45, 2.75) is 6.92 Å². The molecule has 0 unspecified atom stereocenters. The maximum Gasteiger partial charge on any atom is 0.274 e. The average molecular weight is 488 g/mol. The summed E-state index contributed by atoms with van der Waals surface area (Å²) >= 11 is 5.92. The Morgan fingerprint density at radius 1 is 1.00 bits per heavy atom. The van der Waals surface area contributed by atoms with E-state index in [2.05, 4.69) is 43.3 Å². The van der Waals surface area contributed by atoms with Gasteiger partial charge in [-0.3, -0.25) is 9.78 Å². The quantitative estimate of drug-likeness (QED) is 0.423. The van der Waals surface area contributed by atoms with Gasteiger partial charge in [-0.15, -0.1) is 0 Å². The number of carbonyl (C=O) groups is 1. The zero-order chi connectivity index (χ0) is 24.4. The second-order valence-corrected chi connectivity index (χ2v) is 9.08. The highest BCUT2D eigenvalue weighted by atomic mass is 35.5. The molecule has 4 aromatic rings. The van der Waals surface area contributed by atoms with Gasteiger partial charge in [0.05, 0.1) is 23.8 Å². The van der Waals surface area contributed by atoms with Gasteiger partial charge in [-0.25, -0.2) is 9.67 Å². The Kier molecular flexibility index (Phi) is 6.48. The summed E-state index contributed by atoms with van der Waals surface area (Å²) in [5, 5.41) is 7.76. The van der Waals surface area contributed by atoms with Gasteiger partial charge < -0.3 is 15.1 Å². The smallest absolute Gasteiger partial charge is 0.274 e. The van der Waals surface area contributed by atoms with E-state index in [-0.39, 0.29) is 16.8 Å². The number of aromatic nitrogens is 4. The topological polar surface area (TPSA) is 79.2 Å². The second kappa shape index (κ2) is 9.85. The van der Waals surface area contributed by atoms with Crippen molar-refractivity contribution >= 4 is 28.9 Å². The summed E-state index contributed by atoms with van der Waals surface area (Å²) in [6.07, 6.45) is 7.61. The Labute approximate surface area is 209 Å². The highest BCUT2D eigenvalue weighted by molar-refractivity contribution is 6.29. The highest BCUT2D eigenvalue weighted by Crippen LogP contribution is 2.26. The number of amides is 1. The Hall–Kier alpha value is -3.75. The van der Waals surface area contributed by atoms with Crippen LogP contribution in [0.2, 0.25) is 5.15 Å². The van der Waals surface area contributed by atoms with Crippen LogP contribution in [0, 0.1) is 6.92 Å². The van der Waals surface area contributed by atoms with Crippen LogP contribution in [0.4, 0.5) is 11.4 Å². The normalized spacial score (nSPS) is 14.2. The largest absolute Gasteiger partial charge is 0.368 e. The third-order valence-electron chi connectivity index (χ3n) is 6.17. The van der Waals surface area contributed by atoms with Crippen molar-refractivity contribution in [3.8, 4) is 16.8 Å². The van der Waals surface area contributed by atoms with Gasteiger partial charge >= 0.3 is 0 Å². The van der Waals surface area contributed by atoms with Crippen LogP contribution >= 0.6 is 11.6 Å². The zero-order valence-corrected chi connectivity index (χ0v) is 20.4. The minimum absolute atomic E-state index is 0.258. The van der Waals surface area contributed by atoms with Crippen molar-refractivity contribution < 1.29 is 4.79 Å². The molecule has 1 N–H and O–H groups in total. The molecule has 0 spiro atoms. The van der Waals surface area contributed by atoms with Crippen LogP contribution in [-0.2, 0) is 0 Å². The number of nitrogens with one attached hydrogen (secondary N) is 1. The lowest BCUT2D eigenvalue weighted by Gasteiger charge is -2.33. The second-order valence-electron chi connectivity index (χ2n) is 8.70. The SMILES string of the molecule is Cc1ccc(NC(=O)c2cccc(Cl)n2)cc1-n1cc(-c2cncc(N3CCN(C)CC3)c2)cn1. The van der Waals surface area contributed by atoms with Crippen molar-refractivity contribution in [1.82, 2.24) is 24.6 Å². The number of aryl methyl sites for hydroxylation is 1. The van der Waals surface area contributed by atoms with Gasteiger partial charge in [-0.05, 0) is 49.9 Å². The third-order valence-corrected chi connectivity index (χ3v) is 6.38. The molecule has 0 atom stereocenters. The molecule has 5 rings (SSSR count). The van der Waals surface area contributed by atoms with E-state index < -0.39 is 0 Å². The van der Waals surface area contributed by atoms with Crippen LogP contribution in [-0.4, -0.2) is 63.8 Å². The first kappa shape index (κ1) is 23.0. The van der Waals surface area contributed by atoms with Gasteiger partial charge in [-0.1, -0.05) is 23.7 Å². The Morgan fingerprint density at radius 2 is 1.83 bits per heavy atom. The number of nitrogens with zero attached hydrogens (tertiary/aromatic N) is 6. The van der Waals surface area contributed by atoms with Crippen molar-refractivity contribution in [2.24, 2.45) is 0 Å². The molecule has 8 nitrogen and oxygen atoms in total. The van der Waals surface area contributed by atoms with E-state index in [0.717, 1.165) is 54.2 Å². The summed E-state index contributed by atoms with van der Waals surface area (Å²) in [5.41, 5.74) is 5.92. The summed E-state index contributed by atoms with van der Waals surface area (Å²) in [6, 6.07) is 12.8. The fourth-order valence-corrected chi connectivity index (χ4v) is 4.25. The van der Waals surface area contributed by atoms with Crippen molar-refractivity contribution in [2.75, 3.05) is 43.4 Å². The van der Waals surface area contributed by atoms with Gasteiger partial charge in [0.15, 0.2) is 0 Å². The van der Waals surface area contributed by atoms with Crippen LogP contribution in [0.25, 0.3) is 16.8 Å². The molecule has 4 heterocycles. The third kappa shape index (κ3) is 5.18. The van der Waals surface area contributed by atoms with Crippen molar-refractivity contribution in [3.63, 3.8) is 0 Å². The molecule has 1 aliphatic heterocycles. The summed E-state index contributed by atoms with van der Waals surface area (Å²) in [4.78, 5) is 25.9. The van der Waals surface area contributed by atoms with E-state index in [9.17, 15) is 4.79 Å². The van der Waals surface area contributed by atoms with Gasteiger partial charge in [-0.2, -0.15) is 5.10 Å². The molecule has 0 radical (unpaired) electrons. The number of hydrogen-bond acceptors (Lipinski definition) is 6. The number of halogens is 1. The molecule has 3 aromatic heterocycles. The van der Waals surface area contributed by atoms with Crippen LogP contribution in [0.1, 0.15) is 16.1 Å². The predicted molar refractivity (Wildman–Crippen MR) is 138 cm³/mol. The number of carbonyl (C=O) groups excluding carboxylic acids is 1. The van der Waals surface area contributed by atoms with Gasteiger partial charge in [0, 0.05) is 55.4 Å². The summed E-state index contributed by atoms with van der Waals surface area (Å²) in [6.45, 7) is 6.08. The maximum atomic E-state index is 12.6. The van der Waals surface area contributed by atoms with Crippen molar-refractivity contribution in [3.05, 3.63) is 83.7 Å². The molecule has 0 bridgehead atoms. The lowest BCUT2D eigenvalue weighted by atomic mass is 10.1. The first-order valence-electron chi connectivity index (χ1n) is 11.4. The van der Waals surface area contributed by atoms with E-state index in [4.69, 9.17) is 11.6 Å². The first-order chi connectivity index (χ1) is 17.0. The molecule has 1 saturated heterocycles. The molecular formula is C26H26ClN7O. The Bertz CT molecular complexity index is 1360. The van der Waals surface area contributed by atoms with E-state index in [0.29, 0.717) is 5.69 Å². The molecule has 1 amide bonds. The Balaban J connectivity index is 1.37. The van der Waals surface area contributed by atoms with Gasteiger partial charge in [0.25, 0.3) is 5.91 Å². The number of piperazine rings is 1. The summed E-state index contributed by atoms with van der Waals surface area (Å²) < 4.78 is 1.82. The van der Waals surface area contributed by atoms with E-state index in [1.807, 2.05) is 54.6 Å². The number of pyridine rings is 2. The zero-order valence-electron chi connectivity index (χ0n) is 19.6. The monoisotopic (exact) mass is 487 g/mol. The maximum absolute atomic E-state index is 12.6. The lowest BCUT2D eigenvalue weighted by Crippen LogP contribution is -2.44. The standard InChI is InChI=1S/C26H26ClN7O/c1-18-6-7-21(30-26(35)23-4-3-5-25(27)31-23)13-24(18)34-17-20(15-29-34)19-12-22(16-28-14-19)33-10-8-32(2)9-11-33/h3-7,12-17H,8-11H2,1-2H3,(H,30,35). The predicted octanol–water partition coefficient (Wildman–Crippen LogP) is 4.30.